The maximum atomic E-state index is 12.8. The number of hydrogen-bond acceptors (Lipinski definition) is 6. The monoisotopic (exact) mass is 418 g/mol. The van der Waals surface area contributed by atoms with Gasteiger partial charge in [-0.2, -0.15) is 0 Å². The number of nitrogens with zero attached hydrogens (tertiary/aromatic N) is 6. The number of tetrazole rings is 1. The van der Waals surface area contributed by atoms with E-state index in [9.17, 15) is 4.79 Å². The van der Waals surface area contributed by atoms with Gasteiger partial charge in [0.2, 0.25) is 5.91 Å². The molecule has 5 rings (SSSR count). The zero-order chi connectivity index (χ0) is 21.2. The minimum Gasteiger partial charge on any atom is -0.488 e. The first-order valence-corrected chi connectivity index (χ1v) is 10.7. The van der Waals surface area contributed by atoms with Crippen LogP contribution in [0, 0.1) is 0 Å². The molecule has 2 aromatic carbocycles. The standard InChI is InChI=1S/C23H26N6O2/c1-27(14-20-12-18-7-4-5-9-21(18)31-20)23(30)16-29-22(24-25-26-29)15-28-11-10-17-6-2-3-8-19(17)13-28/h2-9,20H,10-16H2,1H3. The van der Waals surface area contributed by atoms with E-state index < -0.39 is 0 Å². The third-order valence-corrected chi connectivity index (χ3v) is 6.08. The predicted molar refractivity (Wildman–Crippen MR) is 114 cm³/mol. The number of likely N-dealkylation sites (N-methyl/N-ethyl adjacent to an activating group) is 1. The van der Waals surface area contributed by atoms with E-state index in [1.807, 2.05) is 18.2 Å². The lowest BCUT2D eigenvalue weighted by molar-refractivity contribution is -0.131. The summed E-state index contributed by atoms with van der Waals surface area (Å²) in [5.41, 5.74) is 3.95. The largest absolute Gasteiger partial charge is 0.488 e. The van der Waals surface area contributed by atoms with Gasteiger partial charge in [-0.25, -0.2) is 4.68 Å². The van der Waals surface area contributed by atoms with Crippen molar-refractivity contribution in [3.63, 3.8) is 0 Å². The van der Waals surface area contributed by atoms with Crippen LogP contribution in [-0.2, 0) is 37.3 Å². The van der Waals surface area contributed by atoms with Gasteiger partial charge < -0.3 is 9.64 Å². The number of fused-ring (bicyclic) bond motifs is 2. The van der Waals surface area contributed by atoms with Gasteiger partial charge in [-0.15, -0.1) is 5.10 Å². The summed E-state index contributed by atoms with van der Waals surface area (Å²) in [5.74, 6) is 1.60. The number of carbonyl (C=O) groups is 1. The maximum absolute atomic E-state index is 12.8. The van der Waals surface area contributed by atoms with Crippen molar-refractivity contribution < 1.29 is 9.53 Å². The van der Waals surface area contributed by atoms with Crippen molar-refractivity contribution in [1.29, 1.82) is 0 Å². The first kappa shape index (κ1) is 19.7. The second-order valence-electron chi connectivity index (χ2n) is 8.31. The quantitative estimate of drug-likeness (QED) is 0.606. The summed E-state index contributed by atoms with van der Waals surface area (Å²) in [6, 6.07) is 16.6. The smallest absolute Gasteiger partial charge is 0.244 e. The molecule has 1 aromatic heterocycles. The predicted octanol–water partition coefficient (Wildman–Crippen LogP) is 1.69. The summed E-state index contributed by atoms with van der Waals surface area (Å²) in [4.78, 5) is 16.8. The molecule has 2 aliphatic heterocycles. The SMILES string of the molecule is CN(CC1Cc2ccccc2O1)C(=O)Cn1nnnc1CN1CCc2ccccc2C1. The van der Waals surface area contributed by atoms with Crippen molar-refractivity contribution in [1.82, 2.24) is 30.0 Å². The summed E-state index contributed by atoms with van der Waals surface area (Å²) >= 11 is 0. The highest BCUT2D eigenvalue weighted by atomic mass is 16.5. The molecule has 0 N–H and O–H groups in total. The molecule has 1 amide bonds. The molecule has 8 nitrogen and oxygen atoms in total. The molecule has 3 heterocycles. The van der Waals surface area contributed by atoms with Crippen LogP contribution in [0.25, 0.3) is 0 Å². The molecule has 0 radical (unpaired) electrons. The molecule has 0 saturated heterocycles. The van der Waals surface area contributed by atoms with Crippen LogP contribution in [0.15, 0.2) is 48.5 Å². The van der Waals surface area contributed by atoms with Crippen LogP contribution in [0.5, 0.6) is 5.75 Å². The number of rotatable bonds is 6. The highest BCUT2D eigenvalue weighted by molar-refractivity contribution is 5.75. The Morgan fingerprint density at radius 2 is 1.90 bits per heavy atom. The lowest BCUT2D eigenvalue weighted by Gasteiger charge is -2.28. The minimum atomic E-state index is -0.0305. The van der Waals surface area contributed by atoms with Gasteiger partial charge in [-0.1, -0.05) is 42.5 Å². The van der Waals surface area contributed by atoms with E-state index >= 15 is 0 Å². The number of benzene rings is 2. The van der Waals surface area contributed by atoms with E-state index in [1.54, 1.807) is 16.6 Å². The van der Waals surface area contributed by atoms with Crippen LogP contribution in [0.2, 0.25) is 0 Å². The Balaban J connectivity index is 1.17. The number of amides is 1. The Labute approximate surface area is 181 Å². The van der Waals surface area contributed by atoms with Crippen LogP contribution in [0.3, 0.4) is 0 Å². The fourth-order valence-corrected chi connectivity index (χ4v) is 4.36. The van der Waals surface area contributed by atoms with Crippen molar-refractivity contribution in [3.05, 3.63) is 71.0 Å². The molecule has 0 aliphatic carbocycles. The average Bonchev–Trinajstić information content (AvgIpc) is 3.39. The molecule has 3 aromatic rings. The molecule has 31 heavy (non-hydrogen) atoms. The normalized spacial score (nSPS) is 17.6. The van der Waals surface area contributed by atoms with E-state index in [4.69, 9.17) is 4.74 Å². The molecule has 160 valence electrons. The average molecular weight is 419 g/mol. The van der Waals surface area contributed by atoms with E-state index in [0.717, 1.165) is 31.7 Å². The first-order valence-electron chi connectivity index (χ1n) is 10.7. The Hall–Kier alpha value is -3.26. The van der Waals surface area contributed by atoms with Crippen LogP contribution in [0.1, 0.15) is 22.5 Å². The second-order valence-corrected chi connectivity index (χ2v) is 8.31. The Morgan fingerprint density at radius 1 is 1.13 bits per heavy atom. The van der Waals surface area contributed by atoms with Gasteiger partial charge in [0.25, 0.3) is 0 Å². The lowest BCUT2D eigenvalue weighted by atomic mass is 10.00. The fourth-order valence-electron chi connectivity index (χ4n) is 4.36. The van der Waals surface area contributed by atoms with Crippen molar-refractivity contribution in [2.24, 2.45) is 0 Å². The fraction of sp³-hybridized carbons (Fsp3) is 0.391. The van der Waals surface area contributed by atoms with Crippen LogP contribution in [0.4, 0.5) is 0 Å². The highest BCUT2D eigenvalue weighted by Crippen LogP contribution is 2.28. The summed E-state index contributed by atoms with van der Waals surface area (Å²) in [7, 11) is 1.81. The number of ether oxygens (including phenoxy) is 1. The van der Waals surface area contributed by atoms with E-state index in [1.165, 1.54) is 16.7 Å². The Morgan fingerprint density at radius 3 is 2.74 bits per heavy atom. The van der Waals surface area contributed by atoms with Gasteiger partial charge in [-0.05, 0) is 39.6 Å². The van der Waals surface area contributed by atoms with Gasteiger partial charge in [0, 0.05) is 26.6 Å². The molecule has 8 heteroatoms. The van der Waals surface area contributed by atoms with Gasteiger partial charge in [0.15, 0.2) is 5.82 Å². The van der Waals surface area contributed by atoms with Crippen molar-refractivity contribution in [2.75, 3.05) is 20.1 Å². The summed E-state index contributed by atoms with van der Waals surface area (Å²) in [6.07, 6.45) is 1.82. The molecule has 0 fully saturated rings. The molecule has 2 aliphatic rings. The van der Waals surface area contributed by atoms with Gasteiger partial charge in [0.1, 0.15) is 18.4 Å². The summed E-state index contributed by atoms with van der Waals surface area (Å²) in [6.45, 7) is 3.12. The second kappa shape index (κ2) is 8.47. The van der Waals surface area contributed by atoms with Crippen molar-refractivity contribution >= 4 is 5.91 Å². The van der Waals surface area contributed by atoms with Gasteiger partial charge in [0.05, 0.1) is 13.1 Å². The zero-order valence-corrected chi connectivity index (χ0v) is 17.6. The molecular formula is C23H26N6O2. The Bertz CT molecular complexity index is 1060. The maximum Gasteiger partial charge on any atom is 0.244 e. The summed E-state index contributed by atoms with van der Waals surface area (Å²) < 4.78 is 7.58. The molecule has 1 unspecified atom stereocenters. The first-order chi connectivity index (χ1) is 15.2. The third kappa shape index (κ3) is 4.29. The lowest BCUT2D eigenvalue weighted by Crippen LogP contribution is -2.39. The van der Waals surface area contributed by atoms with Gasteiger partial charge >= 0.3 is 0 Å². The zero-order valence-electron chi connectivity index (χ0n) is 17.6. The van der Waals surface area contributed by atoms with E-state index in [0.29, 0.717) is 18.9 Å². The van der Waals surface area contributed by atoms with Crippen LogP contribution in [-0.4, -0.2) is 62.2 Å². The van der Waals surface area contributed by atoms with Crippen LogP contribution < -0.4 is 4.74 Å². The molecule has 0 bridgehead atoms. The molecule has 0 spiro atoms. The van der Waals surface area contributed by atoms with E-state index in [-0.39, 0.29) is 18.6 Å². The van der Waals surface area contributed by atoms with Crippen LogP contribution >= 0.6 is 0 Å². The number of para-hydroxylation sites is 1. The number of carbonyl (C=O) groups excluding carboxylic acids is 1. The number of aromatic nitrogens is 4. The minimum absolute atomic E-state index is 0.0203. The van der Waals surface area contributed by atoms with Gasteiger partial charge in [-0.3, -0.25) is 9.69 Å². The topological polar surface area (TPSA) is 76.4 Å². The van der Waals surface area contributed by atoms with Crippen molar-refractivity contribution in [3.8, 4) is 5.75 Å². The van der Waals surface area contributed by atoms with Crippen molar-refractivity contribution in [2.45, 2.75) is 38.6 Å². The number of hydrogen-bond donors (Lipinski definition) is 0. The highest BCUT2D eigenvalue weighted by Gasteiger charge is 2.26. The molecular weight excluding hydrogens is 392 g/mol. The molecule has 0 saturated carbocycles. The molecule has 1 atom stereocenters. The summed E-state index contributed by atoms with van der Waals surface area (Å²) in [5, 5.41) is 12.1. The van der Waals surface area contributed by atoms with E-state index in [2.05, 4.69) is 50.8 Å². The third-order valence-electron chi connectivity index (χ3n) is 6.08. The Kier molecular flexibility index (Phi) is 5.38.